The molecule has 0 radical (unpaired) electrons. The predicted octanol–water partition coefficient (Wildman–Crippen LogP) is 3.20. The molecule has 10 aliphatic rings. The summed E-state index contributed by atoms with van der Waals surface area (Å²) in [6.07, 6.45) is 0.302. The fourth-order valence-corrected chi connectivity index (χ4v) is 11.3. The fourth-order valence-electron chi connectivity index (χ4n) is 11.3. The molecule has 0 spiro atoms. The zero-order valence-electron chi connectivity index (χ0n) is 43.3. The first-order valence-corrected chi connectivity index (χ1v) is 26.1. The number of rotatable bonds is 13. The molecule has 0 amide bonds. The number of piperidine rings is 6. The van der Waals surface area contributed by atoms with Gasteiger partial charge in [0.2, 0.25) is 0 Å². The van der Waals surface area contributed by atoms with Gasteiger partial charge < -0.3 is 68.5 Å². The number of fused-ring (bicyclic) bond motifs is 9. The minimum Gasteiger partial charge on any atom is -0.390 e. The van der Waals surface area contributed by atoms with E-state index < -0.39 is 55.1 Å². The van der Waals surface area contributed by atoms with Crippen LogP contribution in [0.25, 0.3) is 0 Å². The van der Waals surface area contributed by atoms with Gasteiger partial charge in [0, 0.05) is 12.6 Å². The van der Waals surface area contributed by atoms with Crippen molar-refractivity contribution in [2.45, 2.75) is 220 Å². The summed E-state index contributed by atoms with van der Waals surface area (Å²) in [4.78, 5) is 0. The van der Waals surface area contributed by atoms with Crippen molar-refractivity contribution < 1.29 is 63.2 Å². The van der Waals surface area contributed by atoms with Crippen molar-refractivity contribution in [2.75, 3.05) is 92.1 Å². The molecule has 0 saturated carbocycles. The predicted molar refractivity (Wildman–Crippen MR) is 256 cm³/mol. The molecule has 10 rings (SSSR count). The van der Waals surface area contributed by atoms with E-state index in [1.807, 2.05) is 34.6 Å². The van der Waals surface area contributed by atoms with Gasteiger partial charge in [-0.3, -0.25) is 0 Å². The number of piperazine rings is 3. The van der Waals surface area contributed by atoms with Crippen LogP contribution >= 0.6 is 0 Å². The van der Waals surface area contributed by atoms with E-state index in [0.717, 1.165) is 30.0 Å². The van der Waals surface area contributed by atoms with Crippen LogP contribution in [0.3, 0.4) is 0 Å². The van der Waals surface area contributed by atoms with Gasteiger partial charge in [0.05, 0.1) is 88.9 Å². The van der Waals surface area contributed by atoms with Gasteiger partial charge in [-0.2, -0.15) is 0 Å². The Kier molecular flexibility index (Phi) is 23.4. The number of aliphatic hydroxyl groups excluding tert-OH is 7. The maximum Gasteiger partial charge on any atom is 0.186 e. The Morgan fingerprint density at radius 2 is 0.906 bits per heavy atom. The summed E-state index contributed by atoms with van der Waals surface area (Å²) >= 11 is 0. The van der Waals surface area contributed by atoms with Gasteiger partial charge in [-0.1, -0.05) is 27.7 Å². The molecule has 14 heteroatoms. The number of hydrogen-bond donors (Lipinski definition) is 8. The van der Waals surface area contributed by atoms with E-state index in [2.05, 4.69) is 53.9 Å². The highest BCUT2D eigenvalue weighted by Crippen LogP contribution is 2.36. The zero-order chi connectivity index (χ0) is 48.2. The lowest BCUT2D eigenvalue weighted by molar-refractivity contribution is -1.08. The number of nitrogens with one attached hydrogen (secondary N) is 1. The van der Waals surface area contributed by atoms with Crippen molar-refractivity contribution in [3.05, 3.63) is 0 Å². The number of quaternary nitrogens is 4. The Hall–Kier alpha value is -0.560. The Balaban J connectivity index is 0.000000214. The SMILES string of the molecule is CC(C)[N+]12CCC(CC1)CC2.CC(C)[N+]12CCC(CC1)CC2.CC(C)[N+]12CC[N+](C)(CC1)CC2.CC[C@@H](O)[C@@H](O)[C@H](O)[C@@H](O)CNC(C)C.CC[C@H]1O[C@H](OC(C)C)[C@@H](O)[C@@H](O)[C@@H]1O. The third-order valence-electron chi connectivity index (χ3n) is 17.2. The lowest BCUT2D eigenvalue weighted by atomic mass is 9.84. The first-order chi connectivity index (χ1) is 29.9. The summed E-state index contributed by atoms with van der Waals surface area (Å²) in [5, 5.41) is 69.4. The monoisotopic (exact) mass is 920 g/mol. The fraction of sp³-hybridized carbons (Fsp3) is 1.00. The van der Waals surface area contributed by atoms with Crippen molar-refractivity contribution in [1.29, 1.82) is 0 Å². The second kappa shape index (κ2) is 25.9. The number of aliphatic hydroxyl groups is 7. The molecule has 0 aromatic carbocycles. The third kappa shape index (κ3) is 15.7. The molecule has 10 fully saturated rings. The molecule has 0 unspecified atom stereocenters. The Morgan fingerprint density at radius 3 is 1.22 bits per heavy atom. The van der Waals surface area contributed by atoms with E-state index in [0.29, 0.717) is 12.8 Å². The number of hydrogen-bond acceptors (Lipinski definition) is 10. The van der Waals surface area contributed by atoms with E-state index >= 15 is 0 Å². The molecule has 0 aromatic heterocycles. The molecule has 10 aliphatic heterocycles. The second-order valence-electron chi connectivity index (χ2n) is 22.9. The highest BCUT2D eigenvalue weighted by molar-refractivity contribution is 4.89. The number of nitrogens with zero attached hydrogens (tertiary/aromatic N) is 4. The number of likely N-dealkylation sites (N-methyl/N-ethyl adjacent to an activating group) is 1. The molecular weight excluding hydrogens is 815 g/mol. The van der Waals surface area contributed by atoms with Gasteiger partial charge in [-0.25, -0.2) is 0 Å². The van der Waals surface area contributed by atoms with Crippen LogP contribution in [0.5, 0.6) is 0 Å². The van der Waals surface area contributed by atoms with Crippen LogP contribution in [-0.4, -0.2) is 231 Å². The minimum atomic E-state index is -1.33. The Morgan fingerprint density at radius 1 is 0.531 bits per heavy atom. The summed E-state index contributed by atoms with van der Waals surface area (Å²) < 4.78 is 16.3. The third-order valence-corrected chi connectivity index (χ3v) is 17.2. The molecule has 14 nitrogen and oxygen atoms in total. The maximum atomic E-state index is 9.61. The first-order valence-electron chi connectivity index (χ1n) is 26.1. The van der Waals surface area contributed by atoms with Crippen molar-refractivity contribution in [2.24, 2.45) is 11.8 Å². The lowest BCUT2D eigenvalue weighted by Gasteiger charge is -2.55. The van der Waals surface area contributed by atoms with Crippen LogP contribution in [0.15, 0.2) is 0 Å². The van der Waals surface area contributed by atoms with Gasteiger partial charge in [0.1, 0.15) is 69.8 Å². The molecule has 64 heavy (non-hydrogen) atoms. The molecule has 0 aliphatic carbocycles. The zero-order valence-corrected chi connectivity index (χ0v) is 43.3. The molecule has 8 N–H and O–H groups in total. The van der Waals surface area contributed by atoms with E-state index in [9.17, 15) is 35.7 Å². The summed E-state index contributed by atoms with van der Waals surface area (Å²) in [5.41, 5.74) is 0. The normalized spacial score (nSPS) is 38.3. The summed E-state index contributed by atoms with van der Waals surface area (Å²) in [6.45, 7) is 42.9. The molecule has 9 atom stereocenters. The van der Waals surface area contributed by atoms with Crippen molar-refractivity contribution in [1.82, 2.24) is 5.32 Å². The van der Waals surface area contributed by atoms with Crippen LogP contribution in [0, 0.1) is 11.8 Å². The first kappa shape index (κ1) is 57.8. The van der Waals surface area contributed by atoms with Gasteiger partial charge >= 0.3 is 0 Å². The number of ether oxygens (including phenoxy) is 2. The largest absolute Gasteiger partial charge is 0.390 e. The van der Waals surface area contributed by atoms with Crippen molar-refractivity contribution in [3.8, 4) is 0 Å². The van der Waals surface area contributed by atoms with Gasteiger partial charge in [0.25, 0.3) is 0 Å². The molecule has 380 valence electrons. The van der Waals surface area contributed by atoms with Gasteiger partial charge in [-0.15, -0.1) is 0 Å². The highest BCUT2D eigenvalue weighted by atomic mass is 16.7. The van der Waals surface area contributed by atoms with Crippen molar-refractivity contribution in [3.63, 3.8) is 0 Å². The minimum absolute atomic E-state index is 0.107. The summed E-state index contributed by atoms with van der Waals surface area (Å²) in [6, 6.07) is 2.78. The quantitative estimate of drug-likeness (QED) is 0.129. The Labute approximate surface area is 391 Å². The van der Waals surface area contributed by atoms with Gasteiger partial charge in [-0.05, 0) is 119 Å². The highest BCUT2D eigenvalue weighted by Gasteiger charge is 2.48. The average Bonchev–Trinajstić information content (AvgIpc) is 3.29. The molecule has 6 bridgehead atoms. The van der Waals surface area contributed by atoms with Crippen LogP contribution < -0.4 is 5.32 Å². The molecule has 10 heterocycles. The second-order valence-corrected chi connectivity index (χ2v) is 22.9. The van der Waals surface area contributed by atoms with Crippen molar-refractivity contribution >= 4 is 0 Å². The van der Waals surface area contributed by atoms with E-state index in [-0.39, 0.29) is 18.7 Å². The molecule has 0 aromatic rings. The topological polar surface area (TPSA) is 172 Å². The van der Waals surface area contributed by atoms with Gasteiger partial charge in [0.15, 0.2) is 6.29 Å². The van der Waals surface area contributed by atoms with E-state index in [1.54, 1.807) is 6.92 Å². The van der Waals surface area contributed by atoms with Crippen LogP contribution in [-0.2, 0) is 9.47 Å². The maximum absolute atomic E-state index is 9.61. The molecular formula is C50H105N5O9+4. The molecule has 10 saturated heterocycles. The summed E-state index contributed by atoms with van der Waals surface area (Å²) in [7, 11) is 2.42. The van der Waals surface area contributed by atoms with Crippen LogP contribution in [0.2, 0.25) is 0 Å². The average molecular weight is 920 g/mol. The van der Waals surface area contributed by atoms with E-state index in [1.165, 1.54) is 135 Å². The van der Waals surface area contributed by atoms with E-state index in [4.69, 9.17) is 9.47 Å². The van der Waals surface area contributed by atoms with Crippen LogP contribution in [0.4, 0.5) is 0 Å². The lowest BCUT2D eigenvalue weighted by Crippen LogP contribution is -2.75. The Bertz CT molecular complexity index is 1200. The smallest absolute Gasteiger partial charge is 0.186 e. The van der Waals surface area contributed by atoms with Crippen LogP contribution in [0.1, 0.15) is 134 Å². The summed E-state index contributed by atoms with van der Waals surface area (Å²) in [5.74, 6) is 2.21. The standard InChI is InChI=1S/C10H22N2.C10H23NO4.2C10H20N.C10H20O5/c1-10(2)12-7-4-11(3,5-8-12)6-9-12;1-4-7(12)9(14)10(15)8(13)5-11-6(2)3;2*1-9(2)11-6-3-10(4-7-11)5-8-11;1-4-6-7(11)8(12)9(13)10(15-6)14-5(2)3/h10H,4-9H2,1-3H3;6-15H,4-5H2,1-3H3;2*9-10H,3-8H2,1-2H3;5-13H,4H2,1-3H3/q+2;;2*+1;/t;7-,8+,9-,10-;;;6-,7-,8+,9+,10+/m.1..1/s1.